The lowest BCUT2D eigenvalue weighted by atomic mass is 10.2. The number of aromatic nitrogens is 3. The van der Waals surface area contributed by atoms with Crippen LogP contribution in [0, 0.1) is 12.3 Å². The molecule has 1 amide bonds. The maximum atomic E-state index is 13.1. The maximum Gasteiger partial charge on any atom is 0.267 e. The molecule has 0 aliphatic carbocycles. The van der Waals surface area contributed by atoms with Crippen molar-refractivity contribution in [2.24, 2.45) is 0 Å². The third-order valence-electron chi connectivity index (χ3n) is 5.51. The van der Waals surface area contributed by atoms with Crippen molar-refractivity contribution < 1.29 is 9.53 Å². The van der Waals surface area contributed by atoms with Crippen LogP contribution in [0.5, 0.6) is 0 Å². The third kappa shape index (κ3) is 3.61. The second-order valence-corrected chi connectivity index (χ2v) is 7.40. The van der Waals surface area contributed by atoms with E-state index in [9.17, 15) is 9.59 Å². The van der Waals surface area contributed by atoms with Crippen LogP contribution >= 0.6 is 0 Å². The number of aryl methyl sites for hydroxylation is 2. The Morgan fingerprint density at radius 3 is 2.80 bits per heavy atom. The molecule has 3 aromatic heterocycles. The van der Waals surface area contributed by atoms with Gasteiger partial charge in [-0.05, 0) is 31.5 Å². The molecule has 9 heteroatoms. The normalized spacial score (nSPS) is 15.0. The van der Waals surface area contributed by atoms with Crippen LogP contribution in [0.3, 0.4) is 0 Å². The molecule has 0 unspecified atom stereocenters. The van der Waals surface area contributed by atoms with Crippen molar-refractivity contribution in [3.8, 4) is 0 Å². The van der Waals surface area contributed by atoms with Crippen LogP contribution in [0.25, 0.3) is 16.7 Å². The molecule has 3 aromatic rings. The first-order valence-corrected chi connectivity index (χ1v) is 10.2. The smallest absolute Gasteiger partial charge is 0.267 e. The van der Waals surface area contributed by atoms with Crippen LogP contribution in [0.1, 0.15) is 22.8 Å². The minimum absolute atomic E-state index is 0.0544. The first-order chi connectivity index (χ1) is 14.5. The van der Waals surface area contributed by atoms with Gasteiger partial charge in [-0.15, -0.1) is 0 Å². The fraction of sp³-hybridized carbons (Fsp3) is 0.429. The Balaban J connectivity index is 1.71. The quantitative estimate of drug-likeness (QED) is 0.597. The molecule has 4 rings (SSSR count). The first-order valence-electron chi connectivity index (χ1n) is 10.2. The van der Waals surface area contributed by atoms with Crippen LogP contribution in [0.2, 0.25) is 0 Å². The lowest BCUT2D eigenvalue weighted by Crippen LogP contribution is -2.42. The van der Waals surface area contributed by atoms with Crippen molar-refractivity contribution in [3.05, 3.63) is 51.4 Å². The van der Waals surface area contributed by atoms with E-state index in [1.54, 1.807) is 16.8 Å². The monoisotopic (exact) mass is 410 g/mol. The molecule has 1 aliphatic heterocycles. The SMILES string of the molecule is CCn1c(=N)c(C(=O)NCCN2CCOCC2)cc2c(=O)n3cccc(C)c3nc21. The fourth-order valence-electron chi connectivity index (χ4n) is 3.82. The molecule has 0 radical (unpaired) electrons. The number of pyridine rings is 2. The highest BCUT2D eigenvalue weighted by Gasteiger charge is 2.18. The van der Waals surface area contributed by atoms with Crippen LogP contribution < -0.4 is 16.4 Å². The summed E-state index contributed by atoms with van der Waals surface area (Å²) in [6, 6.07) is 5.18. The molecule has 4 heterocycles. The lowest BCUT2D eigenvalue weighted by molar-refractivity contribution is 0.0383. The Morgan fingerprint density at radius 1 is 1.30 bits per heavy atom. The Labute approximate surface area is 173 Å². The average molecular weight is 410 g/mol. The van der Waals surface area contributed by atoms with Gasteiger partial charge in [-0.3, -0.25) is 24.3 Å². The molecular weight excluding hydrogens is 384 g/mol. The maximum absolute atomic E-state index is 13.1. The zero-order valence-electron chi connectivity index (χ0n) is 17.3. The highest BCUT2D eigenvalue weighted by atomic mass is 16.5. The number of hydrogen-bond donors (Lipinski definition) is 2. The molecule has 0 atom stereocenters. The van der Waals surface area contributed by atoms with Crippen molar-refractivity contribution in [1.82, 2.24) is 24.2 Å². The molecule has 30 heavy (non-hydrogen) atoms. The lowest BCUT2D eigenvalue weighted by Gasteiger charge is -2.26. The molecular formula is C21H26N6O3. The number of fused-ring (bicyclic) bond motifs is 2. The van der Waals surface area contributed by atoms with Gasteiger partial charge in [0.05, 0.1) is 24.2 Å². The zero-order chi connectivity index (χ0) is 21.3. The van der Waals surface area contributed by atoms with Crippen LogP contribution in [-0.4, -0.2) is 64.2 Å². The fourth-order valence-corrected chi connectivity index (χ4v) is 3.82. The molecule has 2 N–H and O–H groups in total. The van der Waals surface area contributed by atoms with E-state index in [-0.39, 0.29) is 22.5 Å². The van der Waals surface area contributed by atoms with Crippen molar-refractivity contribution >= 4 is 22.6 Å². The van der Waals surface area contributed by atoms with Gasteiger partial charge >= 0.3 is 0 Å². The number of hydrogen-bond acceptors (Lipinski definition) is 6. The van der Waals surface area contributed by atoms with E-state index in [0.29, 0.717) is 43.0 Å². The summed E-state index contributed by atoms with van der Waals surface area (Å²) in [7, 11) is 0. The zero-order valence-corrected chi connectivity index (χ0v) is 17.3. The number of nitrogens with zero attached hydrogens (tertiary/aromatic N) is 4. The second-order valence-electron chi connectivity index (χ2n) is 7.40. The first kappa shape index (κ1) is 20.2. The highest BCUT2D eigenvalue weighted by Crippen LogP contribution is 2.12. The van der Waals surface area contributed by atoms with Gasteiger partial charge in [0.25, 0.3) is 11.5 Å². The Bertz CT molecular complexity index is 1220. The van der Waals surface area contributed by atoms with Crippen molar-refractivity contribution in [3.63, 3.8) is 0 Å². The van der Waals surface area contributed by atoms with E-state index in [4.69, 9.17) is 10.1 Å². The number of carbonyl (C=O) groups excluding carboxylic acids is 1. The number of rotatable bonds is 5. The standard InChI is InChI=1S/C21H26N6O3/c1-3-26-17(22)15(20(28)23-6-8-25-9-11-30-12-10-25)13-16-19(26)24-18-14(2)5-4-7-27(18)21(16)29/h4-5,7,13,22H,3,6,8-12H2,1-2H3,(H,23,28). The summed E-state index contributed by atoms with van der Waals surface area (Å²) in [5, 5.41) is 11.8. The van der Waals surface area contributed by atoms with E-state index in [0.717, 1.165) is 25.2 Å². The number of morpholine rings is 1. The summed E-state index contributed by atoms with van der Waals surface area (Å²) in [5.74, 6) is -0.355. The van der Waals surface area contributed by atoms with Gasteiger partial charge in [0.15, 0.2) is 0 Å². The number of nitrogens with one attached hydrogen (secondary N) is 2. The van der Waals surface area contributed by atoms with E-state index >= 15 is 0 Å². The summed E-state index contributed by atoms with van der Waals surface area (Å²) in [6.45, 7) is 8.49. The van der Waals surface area contributed by atoms with Gasteiger partial charge in [0, 0.05) is 38.9 Å². The van der Waals surface area contributed by atoms with Crippen molar-refractivity contribution in [2.75, 3.05) is 39.4 Å². The molecule has 0 aromatic carbocycles. The minimum Gasteiger partial charge on any atom is -0.379 e. The number of amides is 1. The molecule has 9 nitrogen and oxygen atoms in total. The molecule has 158 valence electrons. The van der Waals surface area contributed by atoms with Crippen LogP contribution in [-0.2, 0) is 11.3 Å². The second kappa shape index (κ2) is 8.37. The summed E-state index contributed by atoms with van der Waals surface area (Å²) in [6.07, 6.45) is 1.67. The largest absolute Gasteiger partial charge is 0.379 e. The van der Waals surface area contributed by atoms with E-state index in [1.807, 2.05) is 19.9 Å². The Hall–Kier alpha value is -3.04. The van der Waals surface area contributed by atoms with Crippen molar-refractivity contribution in [2.45, 2.75) is 20.4 Å². The number of ether oxygens (including phenoxy) is 1. The van der Waals surface area contributed by atoms with E-state index in [1.165, 1.54) is 10.5 Å². The Kier molecular flexibility index (Phi) is 5.65. The predicted octanol–water partition coefficient (Wildman–Crippen LogP) is 0.519. The molecule has 0 spiro atoms. The Morgan fingerprint density at radius 2 is 2.07 bits per heavy atom. The molecule has 0 saturated carbocycles. The van der Waals surface area contributed by atoms with Crippen LogP contribution in [0.15, 0.2) is 29.2 Å². The van der Waals surface area contributed by atoms with Gasteiger partial charge in [0.1, 0.15) is 16.8 Å². The molecule has 1 saturated heterocycles. The van der Waals surface area contributed by atoms with Gasteiger partial charge in [0.2, 0.25) is 0 Å². The highest BCUT2D eigenvalue weighted by molar-refractivity contribution is 5.96. The predicted molar refractivity (Wildman–Crippen MR) is 113 cm³/mol. The topological polar surface area (TPSA) is 105 Å². The summed E-state index contributed by atoms with van der Waals surface area (Å²) in [4.78, 5) is 32.8. The van der Waals surface area contributed by atoms with Crippen molar-refractivity contribution in [1.29, 1.82) is 5.41 Å². The van der Waals surface area contributed by atoms with E-state index < -0.39 is 0 Å². The minimum atomic E-state index is -0.355. The third-order valence-corrected chi connectivity index (χ3v) is 5.51. The number of carbonyl (C=O) groups is 1. The summed E-state index contributed by atoms with van der Waals surface area (Å²) < 4.78 is 8.43. The summed E-state index contributed by atoms with van der Waals surface area (Å²) in [5.41, 5.74) is 1.83. The summed E-state index contributed by atoms with van der Waals surface area (Å²) >= 11 is 0. The van der Waals surface area contributed by atoms with Gasteiger partial charge in [-0.25, -0.2) is 4.98 Å². The van der Waals surface area contributed by atoms with Gasteiger partial charge < -0.3 is 14.6 Å². The van der Waals surface area contributed by atoms with Crippen LogP contribution in [0.4, 0.5) is 0 Å². The van der Waals surface area contributed by atoms with E-state index in [2.05, 4.69) is 15.2 Å². The molecule has 0 bridgehead atoms. The molecule has 1 fully saturated rings. The molecule has 1 aliphatic rings. The van der Waals surface area contributed by atoms with Gasteiger partial charge in [-0.1, -0.05) is 6.07 Å². The van der Waals surface area contributed by atoms with Gasteiger partial charge in [-0.2, -0.15) is 0 Å². The average Bonchev–Trinajstić information content (AvgIpc) is 2.75.